The molecule has 0 aromatic heterocycles. The molecule has 0 heterocycles. The van der Waals surface area contributed by atoms with Crippen LogP contribution in [-0.4, -0.2) is 23.3 Å². The van der Waals surface area contributed by atoms with Crippen LogP contribution in [0.1, 0.15) is 5.56 Å². The first kappa shape index (κ1) is 11.6. The number of rotatable bonds is 2. The molecule has 0 spiro atoms. The zero-order chi connectivity index (χ0) is 10.3. The van der Waals surface area contributed by atoms with Gasteiger partial charge in [0.25, 0.3) is 8.05 Å². The van der Waals surface area contributed by atoms with E-state index in [0.29, 0.717) is 12.0 Å². The van der Waals surface area contributed by atoms with Gasteiger partial charge in [-0.05, 0) is 12.5 Å². The Kier molecular flexibility index (Phi) is 5.47. The van der Waals surface area contributed by atoms with E-state index in [1.807, 2.05) is 0 Å². The number of para-hydroxylation sites is 1. The fourth-order valence-corrected chi connectivity index (χ4v) is 0.898. The van der Waals surface area contributed by atoms with Gasteiger partial charge in [0.05, 0.1) is 0 Å². The van der Waals surface area contributed by atoms with E-state index in [1.165, 1.54) is 6.07 Å². The van der Waals surface area contributed by atoms with Crippen LogP contribution in [0.2, 0.25) is 0 Å². The Bertz CT molecular complexity index is 274. The standard InChI is InChI=1S/C9H10O2.BH3O/c1-2-4-7-5-3-6-8(10)9(7)11;1-2/h2-3,5-6,10-11H,1,4H2;2H,1H2. The van der Waals surface area contributed by atoms with Gasteiger partial charge in [0.2, 0.25) is 0 Å². The third-order valence-corrected chi connectivity index (χ3v) is 1.46. The van der Waals surface area contributed by atoms with Crippen LogP contribution < -0.4 is 0 Å². The highest BCUT2D eigenvalue weighted by Gasteiger charge is 2.02. The number of allylic oxidation sites excluding steroid dienone is 1. The van der Waals surface area contributed by atoms with E-state index >= 15 is 0 Å². The molecule has 0 radical (unpaired) electrons. The first-order chi connectivity index (χ1) is 6.25. The van der Waals surface area contributed by atoms with Crippen molar-refractivity contribution >= 4 is 8.05 Å². The van der Waals surface area contributed by atoms with Gasteiger partial charge in [-0.3, -0.25) is 0 Å². The highest BCUT2D eigenvalue weighted by atomic mass is 16.3. The van der Waals surface area contributed by atoms with E-state index in [-0.39, 0.29) is 11.5 Å². The zero-order valence-electron chi connectivity index (χ0n) is 7.57. The van der Waals surface area contributed by atoms with Crippen LogP contribution in [0.5, 0.6) is 11.5 Å². The Labute approximate surface area is 78.4 Å². The van der Waals surface area contributed by atoms with Gasteiger partial charge in [-0.1, -0.05) is 18.2 Å². The van der Waals surface area contributed by atoms with Gasteiger partial charge in [-0.2, -0.15) is 0 Å². The quantitative estimate of drug-likeness (QED) is 0.349. The molecule has 1 aromatic rings. The van der Waals surface area contributed by atoms with E-state index in [1.54, 1.807) is 18.2 Å². The average molecular weight is 180 g/mol. The number of hydrogen-bond donors (Lipinski definition) is 3. The summed E-state index contributed by atoms with van der Waals surface area (Å²) in [6, 6.07) is 4.88. The van der Waals surface area contributed by atoms with Crippen molar-refractivity contribution in [2.24, 2.45) is 0 Å². The van der Waals surface area contributed by atoms with Gasteiger partial charge in [0.15, 0.2) is 11.5 Å². The molecule has 0 amide bonds. The Balaban J connectivity index is 0.000000671. The van der Waals surface area contributed by atoms with Gasteiger partial charge in [0.1, 0.15) is 0 Å². The van der Waals surface area contributed by atoms with E-state index < -0.39 is 0 Å². The van der Waals surface area contributed by atoms with Gasteiger partial charge in [-0.25, -0.2) is 0 Å². The van der Waals surface area contributed by atoms with Crippen LogP contribution in [0.15, 0.2) is 30.9 Å². The van der Waals surface area contributed by atoms with Crippen LogP contribution in [0, 0.1) is 0 Å². The lowest BCUT2D eigenvalue weighted by molar-refractivity contribution is 0.400. The zero-order valence-corrected chi connectivity index (χ0v) is 7.57. The monoisotopic (exact) mass is 180 g/mol. The van der Waals surface area contributed by atoms with Crippen LogP contribution in [0.25, 0.3) is 0 Å². The fraction of sp³-hybridized carbons (Fsp3) is 0.111. The van der Waals surface area contributed by atoms with Crippen LogP contribution in [0.4, 0.5) is 0 Å². The molecule has 0 atom stereocenters. The number of aromatic hydroxyl groups is 2. The van der Waals surface area contributed by atoms with Crippen LogP contribution in [0.3, 0.4) is 0 Å². The molecule has 1 aromatic carbocycles. The topological polar surface area (TPSA) is 60.7 Å². The highest BCUT2D eigenvalue weighted by Crippen LogP contribution is 2.28. The molecular formula is C9H13BO3. The SMILES string of the molecule is BO.C=CCc1cccc(O)c1O. The molecule has 0 saturated carbocycles. The summed E-state index contributed by atoms with van der Waals surface area (Å²) in [6.07, 6.45) is 2.24. The molecule has 0 saturated heterocycles. The molecular weight excluding hydrogens is 167 g/mol. The summed E-state index contributed by atoms with van der Waals surface area (Å²) in [5, 5.41) is 25.3. The molecule has 0 aliphatic carbocycles. The summed E-state index contributed by atoms with van der Waals surface area (Å²) in [6.45, 7) is 3.53. The van der Waals surface area contributed by atoms with Crippen LogP contribution >= 0.6 is 0 Å². The van der Waals surface area contributed by atoms with Crippen molar-refractivity contribution in [1.29, 1.82) is 0 Å². The Morgan fingerprint density at radius 3 is 2.46 bits per heavy atom. The second kappa shape index (κ2) is 6.14. The van der Waals surface area contributed by atoms with E-state index in [0.717, 1.165) is 8.05 Å². The maximum atomic E-state index is 9.23. The maximum absolute atomic E-state index is 9.23. The Hall–Kier alpha value is -1.42. The summed E-state index contributed by atoms with van der Waals surface area (Å²) in [5.41, 5.74) is 0.694. The minimum atomic E-state index is -0.0793. The van der Waals surface area contributed by atoms with E-state index in [4.69, 9.17) is 10.1 Å². The maximum Gasteiger partial charge on any atom is 0.252 e. The van der Waals surface area contributed by atoms with E-state index in [2.05, 4.69) is 6.58 Å². The lowest BCUT2D eigenvalue weighted by atomic mass is 10.1. The van der Waals surface area contributed by atoms with Crippen molar-refractivity contribution in [2.45, 2.75) is 6.42 Å². The molecule has 3 N–H and O–H groups in total. The van der Waals surface area contributed by atoms with Gasteiger partial charge >= 0.3 is 0 Å². The molecule has 0 unspecified atom stereocenters. The lowest BCUT2D eigenvalue weighted by Gasteiger charge is -2.01. The second-order valence-corrected chi connectivity index (χ2v) is 2.28. The number of phenols is 2. The summed E-state index contributed by atoms with van der Waals surface area (Å²) in [5.74, 6) is -0.128. The molecule has 70 valence electrons. The normalized spacial score (nSPS) is 8.38. The highest BCUT2D eigenvalue weighted by molar-refractivity contribution is 5.95. The fourth-order valence-electron chi connectivity index (χ4n) is 0.898. The first-order valence-electron chi connectivity index (χ1n) is 3.81. The van der Waals surface area contributed by atoms with Crippen molar-refractivity contribution in [3.05, 3.63) is 36.4 Å². The summed E-state index contributed by atoms with van der Waals surface area (Å²) in [4.78, 5) is 0. The average Bonchev–Trinajstić information content (AvgIpc) is 2.17. The molecule has 0 aliphatic heterocycles. The number of hydrogen-bond acceptors (Lipinski definition) is 3. The van der Waals surface area contributed by atoms with Gasteiger partial charge in [-0.15, -0.1) is 6.58 Å². The summed E-state index contributed by atoms with van der Waals surface area (Å²) >= 11 is 0. The number of phenolic OH excluding ortho intramolecular Hbond substituents is 2. The third-order valence-electron chi connectivity index (χ3n) is 1.46. The smallest absolute Gasteiger partial charge is 0.252 e. The van der Waals surface area contributed by atoms with E-state index in [9.17, 15) is 5.11 Å². The van der Waals surface area contributed by atoms with Crippen molar-refractivity contribution in [3.63, 3.8) is 0 Å². The molecule has 0 aliphatic rings. The minimum absolute atomic E-state index is 0.0487. The third kappa shape index (κ3) is 3.21. The summed E-state index contributed by atoms with van der Waals surface area (Å²) < 4.78 is 0. The second-order valence-electron chi connectivity index (χ2n) is 2.28. The first-order valence-corrected chi connectivity index (χ1v) is 3.81. The van der Waals surface area contributed by atoms with Gasteiger partial charge in [0, 0.05) is 5.56 Å². The predicted molar refractivity (Wildman–Crippen MR) is 54.4 cm³/mol. The van der Waals surface area contributed by atoms with Crippen molar-refractivity contribution in [1.82, 2.24) is 0 Å². The Morgan fingerprint density at radius 2 is 1.92 bits per heavy atom. The largest absolute Gasteiger partial charge is 0.504 e. The minimum Gasteiger partial charge on any atom is -0.504 e. The molecule has 3 nitrogen and oxygen atoms in total. The molecule has 13 heavy (non-hydrogen) atoms. The van der Waals surface area contributed by atoms with Crippen LogP contribution in [-0.2, 0) is 6.42 Å². The van der Waals surface area contributed by atoms with Crippen molar-refractivity contribution in [2.75, 3.05) is 0 Å². The molecule has 4 heteroatoms. The van der Waals surface area contributed by atoms with Crippen molar-refractivity contribution < 1.29 is 15.2 Å². The lowest BCUT2D eigenvalue weighted by Crippen LogP contribution is -1.81. The number of benzene rings is 1. The molecule has 0 fully saturated rings. The van der Waals surface area contributed by atoms with Gasteiger partial charge < -0.3 is 15.2 Å². The Morgan fingerprint density at radius 1 is 1.31 bits per heavy atom. The predicted octanol–water partition coefficient (Wildman–Crippen LogP) is 0.353. The molecule has 0 bridgehead atoms. The summed E-state index contributed by atoms with van der Waals surface area (Å²) in [7, 11) is 1.00. The van der Waals surface area contributed by atoms with Crippen molar-refractivity contribution in [3.8, 4) is 11.5 Å². The molecule has 1 rings (SSSR count).